The zero-order valence-electron chi connectivity index (χ0n) is 21.8. The first-order chi connectivity index (χ1) is 19.8. The standard InChI is InChI=1S/C28H25BrClN5O5S/c1-40-26(39)22(13-36)32-25(38)16-8-10-21(20(30)12-16)31-24(37)14-41-28-34-33-27(29)35(28)23-11-9-17(15-6-7-15)18-4-2-3-5-19(18)23/h2-5,8-12,15,22,36H,6-7,13-14H2,1H3,(H,31,37)(H,32,38)/t22-/m0/s1. The lowest BCUT2D eigenvalue weighted by atomic mass is 9.99. The lowest BCUT2D eigenvalue weighted by Gasteiger charge is -2.15. The summed E-state index contributed by atoms with van der Waals surface area (Å²) in [7, 11) is 1.15. The van der Waals surface area contributed by atoms with Crippen LogP contribution in [-0.2, 0) is 14.3 Å². The summed E-state index contributed by atoms with van der Waals surface area (Å²) in [5, 5.41) is 25.8. The highest BCUT2D eigenvalue weighted by molar-refractivity contribution is 9.10. The number of aliphatic hydroxyl groups is 1. The highest BCUT2D eigenvalue weighted by atomic mass is 79.9. The van der Waals surface area contributed by atoms with Gasteiger partial charge in [-0.2, -0.15) is 0 Å². The van der Waals surface area contributed by atoms with E-state index in [1.165, 1.54) is 53.8 Å². The molecule has 1 atom stereocenters. The van der Waals surface area contributed by atoms with E-state index in [1.54, 1.807) is 0 Å². The quantitative estimate of drug-likeness (QED) is 0.165. The van der Waals surface area contributed by atoms with Crippen LogP contribution in [0.15, 0.2) is 64.5 Å². The van der Waals surface area contributed by atoms with Crippen LogP contribution in [0.5, 0.6) is 0 Å². The number of halogens is 2. The molecule has 0 aliphatic heterocycles. The molecule has 3 N–H and O–H groups in total. The molecule has 2 amide bonds. The van der Waals surface area contributed by atoms with Gasteiger partial charge in [-0.05, 0) is 69.9 Å². The third-order valence-corrected chi connectivity index (χ3v) is 8.35. The van der Waals surface area contributed by atoms with Crippen molar-refractivity contribution in [1.29, 1.82) is 0 Å². The van der Waals surface area contributed by atoms with Crippen molar-refractivity contribution in [3.8, 4) is 5.69 Å². The maximum atomic E-state index is 12.8. The van der Waals surface area contributed by atoms with E-state index in [4.69, 9.17) is 11.6 Å². The summed E-state index contributed by atoms with van der Waals surface area (Å²) in [6.45, 7) is -0.621. The van der Waals surface area contributed by atoms with E-state index in [1.807, 2.05) is 16.7 Å². The Hall–Kier alpha value is -3.45. The fraction of sp³-hybridized carbons (Fsp3) is 0.250. The highest BCUT2D eigenvalue weighted by Crippen LogP contribution is 2.44. The van der Waals surface area contributed by atoms with Gasteiger partial charge in [0.1, 0.15) is 0 Å². The number of fused-ring (bicyclic) bond motifs is 1. The molecule has 1 aromatic heterocycles. The minimum atomic E-state index is -1.21. The average molecular weight is 659 g/mol. The summed E-state index contributed by atoms with van der Waals surface area (Å²) in [6.07, 6.45) is 2.41. The second kappa shape index (κ2) is 12.6. The van der Waals surface area contributed by atoms with Gasteiger partial charge in [-0.1, -0.05) is 53.7 Å². The normalized spacial score (nSPS) is 13.6. The Bertz CT molecular complexity index is 1640. The summed E-state index contributed by atoms with van der Waals surface area (Å²) in [5.74, 6) is -1.12. The molecule has 41 heavy (non-hydrogen) atoms. The molecule has 5 rings (SSSR count). The van der Waals surface area contributed by atoms with Gasteiger partial charge >= 0.3 is 5.97 Å². The number of esters is 1. The molecular formula is C28H25BrClN5O5S. The summed E-state index contributed by atoms with van der Waals surface area (Å²) >= 11 is 11.1. The molecule has 1 aliphatic rings. The number of carbonyl (C=O) groups is 3. The van der Waals surface area contributed by atoms with Crippen LogP contribution in [0, 0.1) is 0 Å². The number of aliphatic hydroxyl groups excluding tert-OH is 1. The molecule has 3 aromatic carbocycles. The van der Waals surface area contributed by atoms with Crippen molar-refractivity contribution in [2.75, 3.05) is 24.8 Å². The van der Waals surface area contributed by atoms with Gasteiger partial charge < -0.3 is 20.5 Å². The number of nitrogens with zero attached hydrogens (tertiary/aromatic N) is 3. The van der Waals surface area contributed by atoms with Crippen LogP contribution in [0.1, 0.15) is 34.7 Å². The van der Waals surface area contributed by atoms with Crippen LogP contribution >= 0.6 is 39.3 Å². The van der Waals surface area contributed by atoms with Gasteiger partial charge in [-0.25, -0.2) is 4.79 Å². The highest BCUT2D eigenvalue weighted by Gasteiger charge is 2.27. The van der Waals surface area contributed by atoms with Crippen molar-refractivity contribution in [3.05, 3.63) is 75.5 Å². The van der Waals surface area contributed by atoms with Crippen molar-refractivity contribution in [2.24, 2.45) is 0 Å². The lowest BCUT2D eigenvalue weighted by Crippen LogP contribution is -2.44. The molecule has 0 spiro atoms. The molecule has 10 nitrogen and oxygen atoms in total. The van der Waals surface area contributed by atoms with Crippen LogP contribution in [0.3, 0.4) is 0 Å². The maximum absolute atomic E-state index is 12.8. The van der Waals surface area contributed by atoms with Crippen LogP contribution < -0.4 is 10.6 Å². The predicted octanol–water partition coefficient (Wildman–Crippen LogP) is 4.71. The number of benzene rings is 3. The minimum absolute atomic E-state index is 0.0269. The van der Waals surface area contributed by atoms with Crippen LogP contribution in [-0.4, -0.2) is 63.2 Å². The first-order valence-electron chi connectivity index (χ1n) is 12.7. The van der Waals surface area contributed by atoms with Crippen LogP contribution in [0.2, 0.25) is 5.02 Å². The van der Waals surface area contributed by atoms with E-state index in [0.717, 1.165) is 18.2 Å². The number of thioether (sulfide) groups is 1. The fourth-order valence-electron chi connectivity index (χ4n) is 4.44. The van der Waals surface area contributed by atoms with Crippen molar-refractivity contribution < 1.29 is 24.2 Å². The topological polar surface area (TPSA) is 135 Å². The summed E-state index contributed by atoms with van der Waals surface area (Å²) in [5.41, 5.74) is 2.71. The van der Waals surface area contributed by atoms with Gasteiger partial charge in [0.2, 0.25) is 10.6 Å². The second-order valence-corrected chi connectivity index (χ2v) is 11.4. The molecule has 1 aliphatic carbocycles. The molecule has 13 heteroatoms. The number of methoxy groups -OCH3 is 1. The number of hydrogen-bond acceptors (Lipinski definition) is 8. The summed E-state index contributed by atoms with van der Waals surface area (Å²) < 4.78 is 6.95. The first-order valence-corrected chi connectivity index (χ1v) is 14.8. The van der Waals surface area contributed by atoms with Gasteiger partial charge in [0.15, 0.2) is 11.2 Å². The average Bonchev–Trinajstić information content (AvgIpc) is 3.76. The molecule has 1 heterocycles. The molecule has 0 unspecified atom stereocenters. The summed E-state index contributed by atoms with van der Waals surface area (Å²) in [6, 6.07) is 15.6. The Morgan fingerprint density at radius 3 is 2.59 bits per heavy atom. The van der Waals surface area contributed by atoms with Gasteiger partial charge in [0, 0.05) is 10.9 Å². The number of rotatable bonds is 10. The molecule has 0 bridgehead atoms. The van der Waals surface area contributed by atoms with E-state index in [9.17, 15) is 19.5 Å². The largest absolute Gasteiger partial charge is 0.467 e. The maximum Gasteiger partial charge on any atom is 0.330 e. The van der Waals surface area contributed by atoms with Gasteiger partial charge in [-0.15, -0.1) is 10.2 Å². The number of ether oxygens (including phenoxy) is 1. The third-order valence-electron chi connectivity index (χ3n) is 6.60. The van der Waals surface area contributed by atoms with Gasteiger partial charge in [-0.3, -0.25) is 14.2 Å². The molecule has 1 saturated carbocycles. The number of hydrogen-bond donors (Lipinski definition) is 3. The number of anilines is 1. The third kappa shape index (κ3) is 6.40. The molecule has 212 valence electrons. The lowest BCUT2D eigenvalue weighted by molar-refractivity contribution is -0.143. The molecular weight excluding hydrogens is 634 g/mol. The van der Waals surface area contributed by atoms with Crippen molar-refractivity contribution in [2.45, 2.75) is 30.0 Å². The minimum Gasteiger partial charge on any atom is -0.467 e. The van der Waals surface area contributed by atoms with Crippen LogP contribution in [0.4, 0.5) is 5.69 Å². The SMILES string of the molecule is COC(=O)[C@H](CO)NC(=O)c1ccc(NC(=O)CSc2nnc(Br)n2-c2ccc(C3CC3)c3ccccc23)c(Cl)c1. The second-order valence-electron chi connectivity index (χ2n) is 9.34. The Labute approximate surface area is 252 Å². The number of carbonyl (C=O) groups excluding carboxylic acids is 3. The predicted molar refractivity (Wildman–Crippen MR) is 160 cm³/mol. The molecule has 0 radical (unpaired) electrons. The van der Waals surface area contributed by atoms with E-state index in [-0.39, 0.29) is 22.2 Å². The Morgan fingerprint density at radius 2 is 1.90 bits per heavy atom. The Kier molecular flexibility index (Phi) is 8.93. The molecule has 1 fully saturated rings. The zero-order chi connectivity index (χ0) is 29.1. The van der Waals surface area contributed by atoms with Crippen LogP contribution in [0.25, 0.3) is 16.5 Å². The number of amides is 2. The van der Waals surface area contributed by atoms with E-state index in [0.29, 0.717) is 21.5 Å². The van der Waals surface area contributed by atoms with Gasteiger partial charge in [0.05, 0.1) is 35.9 Å². The number of nitrogens with one attached hydrogen (secondary N) is 2. The summed E-state index contributed by atoms with van der Waals surface area (Å²) in [4.78, 5) is 36.9. The smallest absolute Gasteiger partial charge is 0.330 e. The zero-order valence-corrected chi connectivity index (χ0v) is 24.9. The van der Waals surface area contributed by atoms with E-state index >= 15 is 0 Å². The van der Waals surface area contributed by atoms with E-state index < -0.39 is 24.5 Å². The Balaban J connectivity index is 1.27. The van der Waals surface area contributed by atoms with Crippen molar-refractivity contribution in [3.63, 3.8) is 0 Å². The first kappa shape index (κ1) is 29.1. The molecule has 4 aromatic rings. The molecule has 0 saturated heterocycles. The number of aromatic nitrogens is 3. The van der Waals surface area contributed by atoms with Crippen molar-refractivity contribution in [1.82, 2.24) is 20.1 Å². The monoisotopic (exact) mass is 657 g/mol. The Morgan fingerprint density at radius 1 is 1.15 bits per heavy atom. The van der Waals surface area contributed by atoms with E-state index in [2.05, 4.69) is 65.8 Å². The van der Waals surface area contributed by atoms with Crippen molar-refractivity contribution >= 4 is 73.5 Å². The van der Waals surface area contributed by atoms with Gasteiger partial charge in [0.25, 0.3) is 5.91 Å². The fourth-order valence-corrected chi connectivity index (χ4v) is 5.97.